The summed E-state index contributed by atoms with van der Waals surface area (Å²) in [6.45, 7) is 0. The van der Waals surface area contributed by atoms with Crippen LogP contribution in [0.15, 0.2) is 88.7 Å². The molecule has 0 radical (unpaired) electrons. The van der Waals surface area contributed by atoms with Crippen LogP contribution in [0.25, 0.3) is 0 Å². The minimum Gasteiger partial charge on any atom is -0.779 e. The minimum atomic E-state index is -3.06. The maximum atomic E-state index is 14.1. The third-order valence-electron chi connectivity index (χ3n) is 3.53. The summed E-state index contributed by atoms with van der Waals surface area (Å²) < 4.78 is 14.1. The van der Waals surface area contributed by atoms with Gasteiger partial charge in [0.1, 0.15) is 0 Å². The molecule has 0 saturated heterocycles. The number of hydrogen-bond donors (Lipinski definition) is 0. The van der Waals surface area contributed by atoms with E-state index in [0.717, 1.165) is 5.30 Å². The Morgan fingerprint density at radius 2 is 1.00 bits per heavy atom. The molecule has 0 spiro atoms. The van der Waals surface area contributed by atoms with E-state index in [1.54, 1.807) is 0 Å². The van der Waals surface area contributed by atoms with Crippen molar-refractivity contribution >= 4 is 48.3 Å². The van der Waals surface area contributed by atoms with Gasteiger partial charge in [0.05, 0.1) is 0 Å². The molecule has 0 N–H and O–H groups in total. The van der Waals surface area contributed by atoms with Gasteiger partial charge in [-0.2, -0.15) is 9.79 Å². The monoisotopic (exact) mass is 340 g/mol. The molecule has 0 amide bonds. The Morgan fingerprint density at radius 1 is 0.591 bits per heavy atom. The van der Waals surface area contributed by atoms with E-state index in [4.69, 9.17) is 25.3 Å². The molecule has 0 atom stereocenters. The van der Waals surface area contributed by atoms with Crippen molar-refractivity contribution in [2.75, 3.05) is 0 Å². The maximum Gasteiger partial charge on any atom is 0.168 e. The van der Waals surface area contributed by atoms with Crippen molar-refractivity contribution in [2.45, 2.75) is 9.79 Å². The average Bonchev–Trinajstić information content (AvgIpc) is 2.56. The lowest BCUT2D eigenvalue weighted by Gasteiger charge is -2.28. The van der Waals surface area contributed by atoms with Crippen molar-refractivity contribution in [3.8, 4) is 0 Å². The van der Waals surface area contributed by atoms with Gasteiger partial charge in [0.15, 0.2) is 7.14 Å². The van der Waals surface area contributed by atoms with Gasteiger partial charge in [-0.1, -0.05) is 78.9 Å². The number of benzene rings is 3. The van der Waals surface area contributed by atoms with Gasteiger partial charge in [-0.15, -0.1) is 0 Å². The Bertz CT molecular complexity index is 797. The highest BCUT2D eigenvalue weighted by atomic mass is 32.1. The van der Waals surface area contributed by atoms with Crippen LogP contribution in [0.5, 0.6) is 0 Å². The summed E-state index contributed by atoms with van der Waals surface area (Å²) >= 11 is 10.9. The second-order valence-electron chi connectivity index (χ2n) is 4.88. The molecule has 0 bridgehead atoms. The molecule has 3 rings (SSSR count). The summed E-state index contributed by atoms with van der Waals surface area (Å²) in [5, 5.41) is 2.10. The predicted octanol–water partition coefficient (Wildman–Crippen LogP) is 3.14. The molecule has 0 aliphatic carbocycles. The fourth-order valence-electron chi connectivity index (χ4n) is 2.48. The predicted molar refractivity (Wildman–Crippen MR) is 97.1 cm³/mol. The van der Waals surface area contributed by atoms with Crippen molar-refractivity contribution in [3.63, 3.8) is 0 Å². The molecule has 0 aromatic heterocycles. The molecule has 0 aliphatic rings. The Kier molecular flexibility index (Phi) is 4.30. The maximum absolute atomic E-state index is 14.1. The Morgan fingerprint density at radius 3 is 1.45 bits per heavy atom. The highest BCUT2D eigenvalue weighted by molar-refractivity contribution is 7.86. The molecule has 22 heavy (non-hydrogen) atoms. The van der Waals surface area contributed by atoms with E-state index >= 15 is 0 Å². The number of hydrogen-bond acceptors (Lipinski definition) is 3. The topological polar surface area (TPSA) is 17.1 Å². The molecule has 3 aromatic carbocycles. The molecule has 0 heterocycles. The van der Waals surface area contributed by atoms with Crippen LogP contribution in [0.1, 0.15) is 0 Å². The molecule has 1 nitrogen and oxygen atoms in total. The first-order valence-corrected chi connectivity index (χ1v) is 9.35. The van der Waals surface area contributed by atoms with E-state index in [1.165, 1.54) is 0 Å². The van der Waals surface area contributed by atoms with E-state index in [0.29, 0.717) is 20.4 Å². The average molecular weight is 340 g/mol. The normalized spacial score (nSPS) is 11.3. The lowest BCUT2D eigenvalue weighted by molar-refractivity contribution is 0.592. The summed E-state index contributed by atoms with van der Waals surface area (Å²) in [5.41, 5.74) is 0. The summed E-state index contributed by atoms with van der Waals surface area (Å²) in [4.78, 5) is 1.21. The van der Waals surface area contributed by atoms with Crippen molar-refractivity contribution < 1.29 is 4.57 Å². The van der Waals surface area contributed by atoms with E-state index < -0.39 is 7.14 Å². The molecular formula is C18H13OPS2-2. The first-order valence-electron chi connectivity index (χ1n) is 6.83. The molecule has 3 aromatic rings. The first-order chi connectivity index (χ1) is 10.6. The van der Waals surface area contributed by atoms with Crippen LogP contribution in [-0.4, -0.2) is 0 Å². The molecule has 0 saturated carbocycles. The zero-order valence-corrected chi connectivity index (χ0v) is 14.2. The van der Waals surface area contributed by atoms with Gasteiger partial charge in [0, 0.05) is 15.9 Å². The molecule has 0 fully saturated rings. The Balaban J connectivity index is 2.37. The first kappa shape index (κ1) is 15.2. The van der Waals surface area contributed by atoms with Crippen LogP contribution < -0.4 is 15.9 Å². The molecular weight excluding hydrogens is 327 g/mol. The fraction of sp³-hybridized carbons (Fsp3) is 0. The second-order valence-corrected chi connectivity index (χ2v) is 8.46. The van der Waals surface area contributed by atoms with Gasteiger partial charge >= 0.3 is 0 Å². The van der Waals surface area contributed by atoms with Crippen molar-refractivity contribution in [2.24, 2.45) is 0 Å². The third-order valence-corrected chi connectivity index (χ3v) is 7.71. The van der Waals surface area contributed by atoms with Gasteiger partial charge in [-0.05, 0) is 0 Å². The van der Waals surface area contributed by atoms with Gasteiger partial charge in [0.25, 0.3) is 0 Å². The summed E-state index contributed by atoms with van der Waals surface area (Å²) in [6, 6.07) is 24.2. The summed E-state index contributed by atoms with van der Waals surface area (Å²) in [6.07, 6.45) is 0. The zero-order chi connectivity index (χ0) is 15.6. The zero-order valence-electron chi connectivity index (χ0n) is 11.7. The van der Waals surface area contributed by atoms with Crippen LogP contribution in [0.3, 0.4) is 0 Å². The molecule has 110 valence electrons. The van der Waals surface area contributed by atoms with Gasteiger partial charge in [0.2, 0.25) is 0 Å². The Hall–Kier alpha value is -1.67. The minimum absolute atomic E-state index is 0.605. The van der Waals surface area contributed by atoms with E-state index in [-0.39, 0.29) is 0 Å². The largest absolute Gasteiger partial charge is 0.779 e. The molecule has 4 heteroatoms. The Labute approximate surface area is 141 Å². The van der Waals surface area contributed by atoms with Crippen molar-refractivity contribution in [1.82, 2.24) is 0 Å². The lowest BCUT2D eigenvalue weighted by Crippen LogP contribution is -2.27. The van der Waals surface area contributed by atoms with Crippen molar-refractivity contribution in [3.05, 3.63) is 78.9 Å². The highest BCUT2D eigenvalue weighted by Crippen LogP contribution is 2.44. The lowest BCUT2D eigenvalue weighted by atomic mass is 10.3. The SMILES string of the molecule is O=P(c1ccccc1)(c1ccccc1[S-])c1ccccc1[S-]. The number of rotatable bonds is 3. The second kappa shape index (κ2) is 6.21. The smallest absolute Gasteiger partial charge is 0.168 e. The van der Waals surface area contributed by atoms with Crippen LogP contribution >= 0.6 is 7.14 Å². The highest BCUT2D eigenvalue weighted by Gasteiger charge is 2.29. The van der Waals surface area contributed by atoms with Crippen LogP contribution in [0, 0.1) is 0 Å². The van der Waals surface area contributed by atoms with Crippen LogP contribution in [0.4, 0.5) is 0 Å². The molecule has 0 unspecified atom stereocenters. The van der Waals surface area contributed by atoms with Crippen molar-refractivity contribution in [1.29, 1.82) is 0 Å². The summed E-state index contributed by atoms with van der Waals surface area (Å²) in [7, 11) is -3.06. The van der Waals surface area contributed by atoms with Gasteiger partial charge in [-0.3, -0.25) is 0 Å². The molecule has 0 aliphatic heterocycles. The van der Waals surface area contributed by atoms with Gasteiger partial charge < -0.3 is 29.8 Å². The van der Waals surface area contributed by atoms with E-state index in [1.807, 2.05) is 78.9 Å². The quantitative estimate of drug-likeness (QED) is 0.539. The van der Waals surface area contributed by atoms with Crippen LogP contribution in [-0.2, 0) is 29.8 Å². The van der Waals surface area contributed by atoms with Gasteiger partial charge in [-0.25, -0.2) is 0 Å². The third kappa shape index (κ3) is 2.56. The fourth-order valence-corrected chi connectivity index (χ4v) is 6.31. The summed E-state index contributed by atoms with van der Waals surface area (Å²) in [5.74, 6) is 0. The van der Waals surface area contributed by atoms with E-state index in [9.17, 15) is 4.57 Å². The van der Waals surface area contributed by atoms with E-state index in [2.05, 4.69) is 0 Å². The van der Waals surface area contributed by atoms with Crippen LogP contribution in [0.2, 0.25) is 0 Å². The standard InChI is InChI=1S/C18H15OPS2/c19-20(14-8-2-1-3-9-14,15-10-4-6-12-17(15)21)16-11-5-7-13-18(16)22/h1-13,21-22H/p-2.